The number of ether oxygens (including phenoxy) is 2. The molecule has 0 fully saturated rings. The van der Waals surface area contributed by atoms with Crippen LogP contribution in [0.15, 0.2) is 48.5 Å². The summed E-state index contributed by atoms with van der Waals surface area (Å²) in [7, 11) is 2.79. The van der Waals surface area contributed by atoms with E-state index in [1.54, 1.807) is 0 Å². The Morgan fingerprint density at radius 3 is 2.41 bits per heavy atom. The minimum Gasteiger partial charge on any atom is -0.469 e. The van der Waals surface area contributed by atoms with Crippen LogP contribution in [0.3, 0.4) is 0 Å². The number of rotatable bonds is 5. The molecule has 0 saturated heterocycles. The average Bonchev–Trinajstić information content (AvgIpc) is 3.26. The molecular formula is C22H23ClN2O4. The molecule has 3 aromatic rings. The molecule has 0 amide bonds. The monoisotopic (exact) mass is 414 g/mol. The highest BCUT2D eigenvalue weighted by atomic mass is 35.5. The van der Waals surface area contributed by atoms with Gasteiger partial charge in [-0.1, -0.05) is 36.4 Å². The molecule has 0 spiro atoms. The fourth-order valence-electron chi connectivity index (χ4n) is 4.06. The third-order valence-corrected chi connectivity index (χ3v) is 5.39. The fraction of sp³-hybridized carbons (Fsp3) is 0.273. The van der Waals surface area contributed by atoms with E-state index in [4.69, 9.17) is 9.47 Å². The van der Waals surface area contributed by atoms with Gasteiger partial charge in [-0.25, -0.2) is 0 Å². The molecular weight excluding hydrogens is 392 g/mol. The van der Waals surface area contributed by atoms with E-state index in [0.29, 0.717) is 0 Å². The lowest BCUT2D eigenvalue weighted by Gasteiger charge is -2.20. The van der Waals surface area contributed by atoms with E-state index in [0.717, 1.165) is 33.4 Å². The second-order valence-corrected chi connectivity index (χ2v) is 6.91. The van der Waals surface area contributed by atoms with Gasteiger partial charge in [0.25, 0.3) is 0 Å². The van der Waals surface area contributed by atoms with Gasteiger partial charge in [0, 0.05) is 28.2 Å². The van der Waals surface area contributed by atoms with Crippen molar-refractivity contribution in [1.29, 1.82) is 0 Å². The van der Waals surface area contributed by atoms with Crippen LogP contribution in [0.4, 0.5) is 5.69 Å². The number of anilines is 1. The van der Waals surface area contributed by atoms with Gasteiger partial charge in [0.1, 0.15) is 0 Å². The van der Waals surface area contributed by atoms with Crippen molar-refractivity contribution >= 4 is 40.9 Å². The molecule has 1 aromatic heterocycles. The molecule has 4 rings (SSSR count). The number of aromatic amines is 1. The molecule has 0 unspecified atom stereocenters. The number of H-pyrrole nitrogens is 1. The molecule has 1 aliphatic heterocycles. The van der Waals surface area contributed by atoms with Crippen molar-refractivity contribution in [3.63, 3.8) is 0 Å². The number of benzene rings is 2. The number of carbonyl (C=O) groups is 2. The number of para-hydroxylation sites is 2. The van der Waals surface area contributed by atoms with E-state index in [9.17, 15) is 9.59 Å². The lowest BCUT2D eigenvalue weighted by Crippen LogP contribution is -2.18. The summed E-state index contributed by atoms with van der Waals surface area (Å²) in [6.07, 6.45) is 0.410. The first-order valence-corrected chi connectivity index (χ1v) is 9.21. The molecule has 0 radical (unpaired) electrons. The summed E-state index contributed by atoms with van der Waals surface area (Å²) in [4.78, 5) is 27.7. The predicted octanol–water partition coefficient (Wildman–Crippen LogP) is 4.12. The third-order valence-electron chi connectivity index (χ3n) is 5.39. The summed E-state index contributed by atoms with van der Waals surface area (Å²) >= 11 is 0. The van der Waals surface area contributed by atoms with E-state index >= 15 is 0 Å². The first kappa shape index (κ1) is 20.7. The molecule has 1 aliphatic rings. The Morgan fingerprint density at radius 1 is 0.966 bits per heavy atom. The van der Waals surface area contributed by atoms with Crippen LogP contribution in [0.2, 0.25) is 0 Å². The lowest BCUT2D eigenvalue weighted by atomic mass is 9.88. The minimum absolute atomic E-state index is 0. The maximum atomic E-state index is 12.1. The summed E-state index contributed by atoms with van der Waals surface area (Å²) in [5, 5.41) is 4.52. The van der Waals surface area contributed by atoms with Crippen molar-refractivity contribution in [2.24, 2.45) is 0 Å². The molecule has 6 nitrogen and oxygen atoms in total. The van der Waals surface area contributed by atoms with Crippen molar-refractivity contribution in [3.05, 3.63) is 65.4 Å². The van der Waals surface area contributed by atoms with Crippen LogP contribution in [0.1, 0.15) is 35.2 Å². The Morgan fingerprint density at radius 2 is 1.66 bits per heavy atom. The zero-order valence-electron chi connectivity index (χ0n) is 16.2. The summed E-state index contributed by atoms with van der Waals surface area (Å²) in [5.41, 5.74) is 4.80. The number of hydrogen-bond donors (Lipinski definition) is 2. The number of methoxy groups -OCH3 is 2. The van der Waals surface area contributed by atoms with Gasteiger partial charge in [0.2, 0.25) is 0 Å². The number of esters is 2. The van der Waals surface area contributed by atoms with Crippen LogP contribution in [0.25, 0.3) is 10.9 Å². The van der Waals surface area contributed by atoms with Crippen molar-refractivity contribution in [2.45, 2.75) is 24.8 Å². The smallest absolute Gasteiger partial charge is 0.310 e. The average molecular weight is 415 g/mol. The van der Waals surface area contributed by atoms with Gasteiger partial charge in [0.15, 0.2) is 0 Å². The summed E-state index contributed by atoms with van der Waals surface area (Å²) < 4.78 is 9.84. The topological polar surface area (TPSA) is 80.4 Å². The SMILES string of the molecule is COC(=O)Cc1c([C@@H]2Nc3ccccc3[C@H]2CC(=O)OC)[nH]c2ccccc12.Cl. The second kappa shape index (κ2) is 8.57. The Kier molecular flexibility index (Phi) is 6.13. The maximum Gasteiger partial charge on any atom is 0.310 e. The van der Waals surface area contributed by atoms with Gasteiger partial charge >= 0.3 is 11.9 Å². The molecule has 0 saturated carbocycles. The van der Waals surface area contributed by atoms with Gasteiger partial charge in [-0.2, -0.15) is 0 Å². The molecule has 29 heavy (non-hydrogen) atoms. The van der Waals surface area contributed by atoms with E-state index in [-0.39, 0.29) is 49.1 Å². The number of carbonyl (C=O) groups excluding carboxylic acids is 2. The van der Waals surface area contributed by atoms with Gasteiger partial charge in [-0.3, -0.25) is 9.59 Å². The zero-order valence-corrected chi connectivity index (χ0v) is 17.0. The van der Waals surface area contributed by atoms with Gasteiger partial charge < -0.3 is 19.8 Å². The number of nitrogens with one attached hydrogen (secondary N) is 2. The first-order valence-electron chi connectivity index (χ1n) is 9.21. The summed E-state index contributed by atoms with van der Waals surface area (Å²) in [6.45, 7) is 0. The summed E-state index contributed by atoms with van der Waals surface area (Å²) in [6, 6.07) is 15.7. The van der Waals surface area contributed by atoms with E-state index in [2.05, 4.69) is 10.3 Å². The standard InChI is InChI=1S/C22H22N2O4.ClH/c1-27-19(25)11-15-13-7-3-5-9-17(13)23-21(15)22-16(12-20(26)28-2)14-8-4-6-10-18(14)24-22;/h3-10,15,21,23-24H,11-12H2,1-2H3;1H/t15-,21-;/m1./s1. The molecule has 2 atom stereocenters. The normalized spacial score (nSPS) is 17.2. The molecule has 2 N–H and O–H groups in total. The van der Waals surface area contributed by atoms with Gasteiger partial charge in [-0.05, 0) is 23.3 Å². The lowest BCUT2D eigenvalue weighted by molar-refractivity contribution is -0.141. The number of aromatic nitrogens is 1. The van der Waals surface area contributed by atoms with Crippen LogP contribution in [-0.4, -0.2) is 31.1 Å². The highest BCUT2D eigenvalue weighted by Crippen LogP contribution is 2.47. The van der Waals surface area contributed by atoms with E-state index in [1.807, 2.05) is 48.5 Å². The molecule has 0 aliphatic carbocycles. The largest absolute Gasteiger partial charge is 0.469 e. The van der Waals surface area contributed by atoms with Crippen molar-refractivity contribution in [2.75, 3.05) is 19.5 Å². The van der Waals surface area contributed by atoms with Gasteiger partial charge in [-0.15, -0.1) is 12.4 Å². The Bertz CT molecular complexity index is 1050. The van der Waals surface area contributed by atoms with Crippen LogP contribution >= 0.6 is 12.4 Å². The molecule has 7 heteroatoms. The van der Waals surface area contributed by atoms with E-state index < -0.39 is 0 Å². The van der Waals surface area contributed by atoms with Gasteiger partial charge in [0.05, 0.1) is 33.1 Å². The van der Waals surface area contributed by atoms with Crippen LogP contribution in [-0.2, 0) is 25.5 Å². The highest BCUT2D eigenvalue weighted by molar-refractivity contribution is 5.89. The Hall–Kier alpha value is -2.99. The van der Waals surface area contributed by atoms with Crippen LogP contribution in [0.5, 0.6) is 0 Å². The van der Waals surface area contributed by atoms with Crippen LogP contribution < -0.4 is 5.32 Å². The third kappa shape index (κ3) is 3.80. The van der Waals surface area contributed by atoms with Crippen molar-refractivity contribution in [3.8, 4) is 0 Å². The molecule has 2 heterocycles. The molecule has 152 valence electrons. The number of fused-ring (bicyclic) bond motifs is 2. The van der Waals surface area contributed by atoms with Crippen LogP contribution in [0, 0.1) is 0 Å². The summed E-state index contributed by atoms with van der Waals surface area (Å²) in [5.74, 6) is -0.668. The maximum absolute atomic E-state index is 12.1. The molecule has 0 bridgehead atoms. The first-order chi connectivity index (χ1) is 13.6. The Labute approximate surface area is 175 Å². The van der Waals surface area contributed by atoms with Crippen molar-refractivity contribution in [1.82, 2.24) is 4.98 Å². The number of halogens is 1. The van der Waals surface area contributed by atoms with Crippen molar-refractivity contribution < 1.29 is 19.1 Å². The fourth-order valence-corrected chi connectivity index (χ4v) is 4.06. The Balaban J connectivity index is 0.00000240. The quantitative estimate of drug-likeness (QED) is 0.614. The molecule has 2 aromatic carbocycles. The minimum atomic E-state index is -0.300. The predicted molar refractivity (Wildman–Crippen MR) is 113 cm³/mol. The number of hydrogen-bond acceptors (Lipinski definition) is 5. The zero-order chi connectivity index (χ0) is 19.7. The second-order valence-electron chi connectivity index (χ2n) is 6.91. The van der Waals surface area contributed by atoms with E-state index in [1.165, 1.54) is 14.2 Å². The highest BCUT2D eigenvalue weighted by Gasteiger charge is 2.37.